The lowest BCUT2D eigenvalue weighted by atomic mass is 9.87. The van der Waals surface area contributed by atoms with Crippen LogP contribution in [0.15, 0.2) is 34.2 Å². The summed E-state index contributed by atoms with van der Waals surface area (Å²) in [6.45, 7) is 2.05. The van der Waals surface area contributed by atoms with Crippen molar-refractivity contribution in [2.24, 2.45) is 7.05 Å². The molecule has 0 saturated heterocycles. The van der Waals surface area contributed by atoms with Gasteiger partial charge in [-0.1, -0.05) is 30.8 Å². The Kier molecular flexibility index (Phi) is 4.71. The van der Waals surface area contributed by atoms with Gasteiger partial charge in [0.05, 0.1) is 5.56 Å². The maximum absolute atomic E-state index is 13.6. The first-order valence-corrected chi connectivity index (χ1v) is 8.78. The molecule has 1 atom stereocenters. The van der Waals surface area contributed by atoms with Crippen LogP contribution >= 0.6 is 11.8 Å². The zero-order chi connectivity index (χ0) is 17.3. The van der Waals surface area contributed by atoms with Gasteiger partial charge in [0.15, 0.2) is 5.16 Å². The predicted octanol–water partition coefficient (Wildman–Crippen LogP) is 2.90. The minimum atomic E-state index is -0.485. The molecule has 2 heterocycles. The molecule has 0 saturated carbocycles. The molecule has 0 unspecified atom stereocenters. The minimum absolute atomic E-state index is 0.106. The molecule has 1 aliphatic heterocycles. The summed E-state index contributed by atoms with van der Waals surface area (Å²) in [5.74, 6) is 0.227. The van der Waals surface area contributed by atoms with Gasteiger partial charge in [-0.05, 0) is 24.1 Å². The van der Waals surface area contributed by atoms with E-state index in [9.17, 15) is 14.0 Å². The third kappa shape index (κ3) is 3.08. The molecule has 0 fully saturated rings. The first-order chi connectivity index (χ1) is 11.5. The molecule has 7 heteroatoms. The van der Waals surface area contributed by atoms with Crippen LogP contribution in [0.3, 0.4) is 0 Å². The van der Waals surface area contributed by atoms with Crippen LogP contribution in [0.25, 0.3) is 0 Å². The number of benzene rings is 1. The van der Waals surface area contributed by atoms with Crippen LogP contribution < -0.4 is 10.9 Å². The van der Waals surface area contributed by atoms with Crippen LogP contribution in [0.5, 0.6) is 0 Å². The van der Waals surface area contributed by atoms with Crippen molar-refractivity contribution >= 4 is 23.5 Å². The molecule has 1 aromatic heterocycles. The second kappa shape index (κ2) is 6.76. The van der Waals surface area contributed by atoms with E-state index in [-0.39, 0.29) is 23.7 Å². The standard InChI is InChI=1S/C17H18FN3O2S/c1-3-7-24-17-20-16(23)14-12(10-5-4-6-11(18)8-10)9-13(22)19-15(14)21(17)2/h4-6,8,12H,3,7,9H2,1-2H3,(H,19,22)/t12-/m0/s1. The number of amides is 1. The Hall–Kier alpha value is -2.15. The van der Waals surface area contributed by atoms with Gasteiger partial charge in [-0.25, -0.2) is 4.39 Å². The Morgan fingerprint density at radius 1 is 1.42 bits per heavy atom. The second-order valence-electron chi connectivity index (χ2n) is 5.73. The van der Waals surface area contributed by atoms with E-state index >= 15 is 0 Å². The lowest BCUT2D eigenvalue weighted by molar-refractivity contribution is -0.116. The maximum atomic E-state index is 13.6. The number of anilines is 1. The van der Waals surface area contributed by atoms with Crippen molar-refractivity contribution in [1.82, 2.24) is 9.55 Å². The first-order valence-electron chi connectivity index (χ1n) is 7.80. The highest BCUT2D eigenvalue weighted by Crippen LogP contribution is 2.35. The molecular weight excluding hydrogens is 329 g/mol. The van der Waals surface area contributed by atoms with E-state index in [4.69, 9.17) is 0 Å². The van der Waals surface area contributed by atoms with Crippen LogP contribution in [0.4, 0.5) is 10.2 Å². The van der Waals surface area contributed by atoms with Crippen molar-refractivity contribution in [3.63, 3.8) is 0 Å². The smallest absolute Gasteiger partial charge is 0.279 e. The predicted molar refractivity (Wildman–Crippen MR) is 92.0 cm³/mol. The van der Waals surface area contributed by atoms with Crippen LogP contribution in [0, 0.1) is 5.82 Å². The lowest BCUT2D eigenvalue weighted by Crippen LogP contribution is -2.33. The fourth-order valence-corrected chi connectivity index (χ4v) is 3.68. The maximum Gasteiger partial charge on any atom is 0.279 e. The molecule has 1 aliphatic rings. The fourth-order valence-electron chi connectivity index (χ4n) is 2.87. The molecule has 2 aromatic rings. The quantitative estimate of drug-likeness (QED) is 0.682. The van der Waals surface area contributed by atoms with Gasteiger partial charge < -0.3 is 9.88 Å². The summed E-state index contributed by atoms with van der Waals surface area (Å²) in [7, 11) is 1.78. The zero-order valence-electron chi connectivity index (χ0n) is 13.5. The molecule has 1 amide bonds. The Bertz CT molecular complexity index is 850. The number of halogens is 1. The first kappa shape index (κ1) is 16.7. The van der Waals surface area contributed by atoms with Crippen molar-refractivity contribution in [2.75, 3.05) is 11.1 Å². The van der Waals surface area contributed by atoms with Gasteiger partial charge in [-0.3, -0.25) is 9.59 Å². The van der Waals surface area contributed by atoms with E-state index in [1.165, 1.54) is 23.9 Å². The third-order valence-corrected chi connectivity index (χ3v) is 5.22. The number of carbonyl (C=O) groups is 1. The summed E-state index contributed by atoms with van der Waals surface area (Å²) in [6, 6.07) is 6.02. The number of thioether (sulfide) groups is 1. The summed E-state index contributed by atoms with van der Waals surface area (Å²) in [5, 5.41) is 3.35. The second-order valence-corrected chi connectivity index (χ2v) is 6.79. The Morgan fingerprint density at radius 2 is 2.21 bits per heavy atom. The van der Waals surface area contributed by atoms with Crippen LogP contribution in [0.2, 0.25) is 0 Å². The number of fused-ring (bicyclic) bond motifs is 1. The van der Waals surface area contributed by atoms with Crippen molar-refractivity contribution in [3.05, 3.63) is 51.6 Å². The molecule has 3 rings (SSSR count). The summed E-state index contributed by atoms with van der Waals surface area (Å²) >= 11 is 1.48. The number of aromatic nitrogens is 2. The molecule has 1 aromatic carbocycles. The molecule has 126 valence electrons. The van der Waals surface area contributed by atoms with Gasteiger partial charge in [0.1, 0.15) is 11.6 Å². The molecule has 5 nitrogen and oxygen atoms in total. The average molecular weight is 347 g/mol. The number of nitrogens with one attached hydrogen (secondary N) is 1. The number of rotatable bonds is 4. The Balaban J connectivity index is 2.14. The lowest BCUT2D eigenvalue weighted by Gasteiger charge is -2.27. The number of hydrogen-bond donors (Lipinski definition) is 1. The van der Waals surface area contributed by atoms with E-state index in [1.807, 2.05) is 6.92 Å². The average Bonchev–Trinajstić information content (AvgIpc) is 2.56. The molecule has 0 bridgehead atoms. The SMILES string of the molecule is CCCSc1nc(=O)c2c(n1C)NC(=O)C[C@H]2c1cccc(F)c1. The van der Waals surface area contributed by atoms with Crippen molar-refractivity contribution in [3.8, 4) is 0 Å². The molecule has 0 radical (unpaired) electrons. The van der Waals surface area contributed by atoms with Gasteiger partial charge in [-0.15, -0.1) is 0 Å². The Morgan fingerprint density at radius 3 is 2.92 bits per heavy atom. The van der Waals surface area contributed by atoms with Gasteiger partial charge >= 0.3 is 0 Å². The van der Waals surface area contributed by atoms with Gasteiger partial charge in [-0.2, -0.15) is 4.98 Å². The normalized spacial score (nSPS) is 16.6. The van der Waals surface area contributed by atoms with Crippen molar-refractivity contribution in [2.45, 2.75) is 30.8 Å². The van der Waals surface area contributed by atoms with Crippen LogP contribution in [-0.2, 0) is 11.8 Å². The van der Waals surface area contributed by atoms with Gasteiger partial charge in [0.25, 0.3) is 5.56 Å². The number of hydrogen-bond acceptors (Lipinski definition) is 4. The highest BCUT2D eigenvalue weighted by atomic mass is 32.2. The summed E-state index contributed by atoms with van der Waals surface area (Å²) in [4.78, 5) is 28.9. The van der Waals surface area contributed by atoms with Crippen LogP contribution in [-0.4, -0.2) is 21.2 Å². The topological polar surface area (TPSA) is 64.0 Å². The highest BCUT2D eigenvalue weighted by Gasteiger charge is 2.32. The molecule has 0 aliphatic carbocycles. The molecule has 24 heavy (non-hydrogen) atoms. The zero-order valence-corrected chi connectivity index (χ0v) is 14.3. The molecule has 1 N–H and O–H groups in total. The monoisotopic (exact) mass is 347 g/mol. The van der Waals surface area contributed by atoms with Crippen molar-refractivity contribution < 1.29 is 9.18 Å². The van der Waals surface area contributed by atoms with E-state index in [0.29, 0.717) is 22.1 Å². The van der Waals surface area contributed by atoms with Gasteiger partial charge in [0, 0.05) is 25.1 Å². The van der Waals surface area contributed by atoms with Crippen LogP contribution in [0.1, 0.15) is 36.8 Å². The van der Waals surface area contributed by atoms with Gasteiger partial charge in [0.2, 0.25) is 5.91 Å². The fraction of sp³-hybridized carbons (Fsp3) is 0.353. The number of nitrogens with zero attached hydrogens (tertiary/aromatic N) is 2. The Labute approximate surface area is 143 Å². The molecular formula is C17H18FN3O2S. The largest absolute Gasteiger partial charge is 0.312 e. The summed E-state index contributed by atoms with van der Waals surface area (Å²) in [5.41, 5.74) is 0.665. The van der Waals surface area contributed by atoms with Crippen molar-refractivity contribution in [1.29, 1.82) is 0 Å². The summed E-state index contributed by atoms with van der Waals surface area (Å²) in [6.07, 6.45) is 1.06. The third-order valence-electron chi connectivity index (χ3n) is 3.99. The van der Waals surface area contributed by atoms with E-state index < -0.39 is 5.92 Å². The van der Waals surface area contributed by atoms with E-state index in [2.05, 4.69) is 10.3 Å². The van der Waals surface area contributed by atoms with E-state index in [1.54, 1.807) is 23.7 Å². The summed E-state index contributed by atoms with van der Waals surface area (Å²) < 4.78 is 15.3. The molecule has 0 spiro atoms. The van der Waals surface area contributed by atoms with E-state index in [0.717, 1.165) is 12.2 Å². The minimum Gasteiger partial charge on any atom is -0.312 e. The highest BCUT2D eigenvalue weighted by molar-refractivity contribution is 7.99. The number of carbonyl (C=O) groups excluding carboxylic acids is 1.